The fraction of sp³-hybridized carbons (Fsp3) is 0.462. The quantitative estimate of drug-likeness (QED) is 0.612. The molecule has 1 aliphatic rings. The zero-order chi connectivity index (χ0) is 14.8. The molecule has 0 radical (unpaired) electrons. The van der Waals surface area contributed by atoms with E-state index in [9.17, 15) is 14.9 Å². The molecule has 0 aliphatic carbocycles. The maximum absolute atomic E-state index is 12.0. The van der Waals surface area contributed by atoms with E-state index in [1.165, 1.54) is 24.3 Å². The highest BCUT2D eigenvalue weighted by Gasteiger charge is 2.31. The molecule has 0 spiro atoms. The topological polar surface area (TPSA) is 81.9 Å². The average Bonchev–Trinajstić information content (AvgIpc) is 2.38. The van der Waals surface area contributed by atoms with Crippen molar-refractivity contribution in [2.24, 2.45) is 0 Å². The van der Waals surface area contributed by atoms with Crippen molar-refractivity contribution < 1.29 is 19.2 Å². The van der Waals surface area contributed by atoms with E-state index in [1.807, 2.05) is 13.8 Å². The van der Waals surface area contributed by atoms with Gasteiger partial charge in [-0.2, -0.15) is 0 Å². The number of carbonyl (C=O) groups excluding carboxylic acids is 1. The van der Waals surface area contributed by atoms with E-state index < -0.39 is 16.6 Å². The predicted octanol–water partition coefficient (Wildman–Crippen LogP) is 2.20. The number of amides is 1. The number of nitro groups is 1. The van der Waals surface area contributed by atoms with Gasteiger partial charge in [-0.1, -0.05) is 0 Å². The molecule has 1 fully saturated rings. The summed E-state index contributed by atoms with van der Waals surface area (Å²) in [7, 11) is 0. The van der Waals surface area contributed by atoms with Crippen molar-refractivity contribution in [2.75, 3.05) is 19.7 Å². The first kappa shape index (κ1) is 14.3. The first-order valence-corrected chi connectivity index (χ1v) is 6.22. The van der Waals surface area contributed by atoms with Crippen molar-refractivity contribution in [3.05, 3.63) is 34.4 Å². The molecule has 1 aliphatic heterocycles. The molecule has 7 nitrogen and oxygen atoms in total. The largest absolute Gasteiger partial charge is 0.415 e. The summed E-state index contributed by atoms with van der Waals surface area (Å²) >= 11 is 0. The van der Waals surface area contributed by atoms with Crippen LogP contribution in [0.3, 0.4) is 0 Å². The summed E-state index contributed by atoms with van der Waals surface area (Å²) in [5, 5.41) is 10.5. The normalized spacial score (nSPS) is 17.6. The van der Waals surface area contributed by atoms with Gasteiger partial charge in [0.25, 0.3) is 5.69 Å². The summed E-state index contributed by atoms with van der Waals surface area (Å²) in [6.07, 6.45) is -0.477. The number of nitro benzene ring substituents is 1. The van der Waals surface area contributed by atoms with Crippen molar-refractivity contribution in [2.45, 2.75) is 19.4 Å². The van der Waals surface area contributed by atoms with E-state index in [4.69, 9.17) is 9.47 Å². The number of non-ortho nitro benzene ring substituents is 1. The number of nitrogens with zero attached hydrogens (tertiary/aromatic N) is 2. The van der Waals surface area contributed by atoms with Crippen LogP contribution in [-0.2, 0) is 4.74 Å². The Bertz CT molecular complexity index is 512. The smallest absolute Gasteiger partial charge is 0.410 e. The average molecular weight is 280 g/mol. The summed E-state index contributed by atoms with van der Waals surface area (Å²) in [6.45, 7) is 5.17. The number of ether oxygens (including phenoxy) is 2. The van der Waals surface area contributed by atoms with Crippen LogP contribution in [-0.4, -0.2) is 41.2 Å². The van der Waals surface area contributed by atoms with Gasteiger partial charge in [0.1, 0.15) is 5.75 Å². The first-order valence-electron chi connectivity index (χ1n) is 6.22. The molecule has 1 aromatic carbocycles. The van der Waals surface area contributed by atoms with Crippen LogP contribution in [0.1, 0.15) is 13.8 Å². The number of hydrogen-bond acceptors (Lipinski definition) is 5. The Kier molecular flexibility index (Phi) is 3.89. The second-order valence-electron chi connectivity index (χ2n) is 5.15. The fourth-order valence-corrected chi connectivity index (χ4v) is 1.97. The minimum atomic E-state index is -0.504. The van der Waals surface area contributed by atoms with Gasteiger partial charge in [0.15, 0.2) is 0 Å². The standard InChI is InChI=1S/C13H16N2O5/c1-13(2)9-14(7-8-19-13)12(16)20-11-5-3-10(4-6-11)15(17)18/h3-6H,7-9H2,1-2H3. The Morgan fingerprint density at radius 3 is 2.60 bits per heavy atom. The van der Waals surface area contributed by atoms with Gasteiger partial charge in [-0.3, -0.25) is 10.1 Å². The Balaban J connectivity index is 1.99. The zero-order valence-electron chi connectivity index (χ0n) is 11.4. The van der Waals surface area contributed by atoms with Gasteiger partial charge in [-0.25, -0.2) is 4.79 Å². The van der Waals surface area contributed by atoms with Crippen LogP contribution >= 0.6 is 0 Å². The van der Waals surface area contributed by atoms with Gasteiger partial charge in [-0.15, -0.1) is 0 Å². The second kappa shape index (κ2) is 5.46. The monoisotopic (exact) mass is 280 g/mol. The molecule has 0 N–H and O–H groups in total. The van der Waals surface area contributed by atoms with Crippen LogP contribution in [0.25, 0.3) is 0 Å². The van der Waals surface area contributed by atoms with Crippen molar-refractivity contribution >= 4 is 11.8 Å². The predicted molar refractivity (Wildman–Crippen MR) is 70.7 cm³/mol. The highest BCUT2D eigenvalue weighted by Crippen LogP contribution is 2.20. The van der Waals surface area contributed by atoms with Crippen molar-refractivity contribution in [1.82, 2.24) is 4.90 Å². The number of benzene rings is 1. The van der Waals surface area contributed by atoms with Crippen LogP contribution in [0.4, 0.5) is 10.5 Å². The molecular formula is C13H16N2O5. The summed E-state index contributed by atoms with van der Waals surface area (Å²) in [5.41, 5.74) is -0.440. The molecule has 1 aromatic rings. The van der Waals surface area contributed by atoms with Crippen molar-refractivity contribution in [3.63, 3.8) is 0 Å². The lowest BCUT2D eigenvalue weighted by Crippen LogP contribution is -2.51. The van der Waals surface area contributed by atoms with Crippen LogP contribution in [0, 0.1) is 10.1 Å². The number of morpholine rings is 1. The van der Waals surface area contributed by atoms with Gasteiger partial charge in [0.05, 0.1) is 23.7 Å². The van der Waals surface area contributed by atoms with Crippen LogP contribution < -0.4 is 4.74 Å². The van der Waals surface area contributed by atoms with E-state index >= 15 is 0 Å². The van der Waals surface area contributed by atoms with Gasteiger partial charge < -0.3 is 14.4 Å². The molecule has 0 aromatic heterocycles. The molecule has 7 heteroatoms. The summed E-state index contributed by atoms with van der Waals surface area (Å²) in [6, 6.07) is 5.40. The maximum Gasteiger partial charge on any atom is 0.415 e. The Morgan fingerprint density at radius 1 is 1.40 bits per heavy atom. The molecule has 1 heterocycles. The molecule has 0 atom stereocenters. The summed E-state index contributed by atoms with van der Waals surface area (Å²) in [5.74, 6) is 0.282. The molecule has 0 saturated carbocycles. The molecule has 0 bridgehead atoms. The molecule has 1 amide bonds. The Hall–Kier alpha value is -2.15. The molecule has 108 valence electrons. The highest BCUT2D eigenvalue weighted by atomic mass is 16.6. The third kappa shape index (κ3) is 3.45. The minimum absolute atomic E-state index is 0.0442. The molecule has 2 rings (SSSR count). The highest BCUT2D eigenvalue weighted by molar-refractivity contribution is 5.71. The lowest BCUT2D eigenvalue weighted by molar-refractivity contribution is -0.384. The van der Waals surface area contributed by atoms with Gasteiger partial charge in [-0.05, 0) is 26.0 Å². The molecular weight excluding hydrogens is 264 g/mol. The van der Waals surface area contributed by atoms with Gasteiger partial charge >= 0.3 is 6.09 Å². The lowest BCUT2D eigenvalue weighted by atomic mass is 10.1. The van der Waals surface area contributed by atoms with E-state index in [0.29, 0.717) is 19.7 Å². The molecule has 0 unspecified atom stereocenters. The summed E-state index contributed by atoms with van der Waals surface area (Å²) in [4.78, 5) is 23.6. The van der Waals surface area contributed by atoms with Crippen LogP contribution in [0.2, 0.25) is 0 Å². The number of rotatable bonds is 2. The zero-order valence-corrected chi connectivity index (χ0v) is 11.4. The van der Waals surface area contributed by atoms with E-state index in [0.717, 1.165) is 0 Å². The van der Waals surface area contributed by atoms with E-state index in [1.54, 1.807) is 4.90 Å². The van der Waals surface area contributed by atoms with Crippen LogP contribution in [0.15, 0.2) is 24.3 Å². The SMILES string of the molecule is CC1(C)CN(C(=O)Oc2ccc([N+](=O)[O-])cc2)CCO1. The van der Waals surface area contributed by atoms with Gasteiger partial charge in [0, 0.05) is 18.7 Å². The third-order valence-electron chi connectivity index (χ3n) is 2.94. The number of hydrogen-bond donors (Lipinski definition) is 0. The molecule has 20 heavy (non-hydrogen) atoms. The maximum atomic E-state index is 12.0. The molecule has 1 saturated heterocycles. The van der Waals surface area contributed by atoms with Crippen molar-refractivity contribution in [3.8, 4) is 5.75 Å². The Labute approximate surface area is 116 Å². The minimum Gasteiger partial charge on any atom is -0.410 e. The fourth-order valence-electron chi connectivity index (χ4n) is 1.97. The number of carbonyl (C=O) groups is 1. The lowest BCUT2D eigenvalue weighted by Gasteiger charge is -2.37. The third-order valence-corrected chi connectivity index (χ3v) is 2.94. The Morgan fingerprint density at radius 2 is 2.05 bits per heavy atom. The van der Waals surface area contributed by atoms with E-state index in [-0.39, 0.29) is 11.4 Å². The van der Waals surface area contributed by atoms with Crippen molar-refractivity contribution in [1.29, 1.82) is 0 Å². The van der Waals surface area contributed by atoms with Gasteiger partial charge in [0.2, 0.25) is 0 Å². The van der Waals surface area contributed by atoms with E-state index in [2.05, 4.69) is 0 Å². The summed E-state index contributed by atoms with van der Waals surface area (Å²) < 4.78 is 10.7. The first-order chi connectivity index (χ1) is 9.37. The second-order valence-corrected chi connectivity index (χ2v) is 5.15. The van der Waals surface area contributed by atoms with Crippen LogP contribution in [0.5, 0.6) is 5.75 Å².